The van der Waals surface area contributed by atoms with Gasteiger partial charge in [0.2, 0.25) is 0 Å². The van der Waals surface area contributed by atoms with Crippen molar-refractivity contribution >= 4 is 16.7 Å². The summed E-state index contributed by atoms with van der Waals surface area (Å²) in [6.45, 7) is 4.44. The van der Waals surface area contributed by atoms with E-state index in [9.17, 15) is 4.79 Å². The molecule has 0 saturated carbocycles. The predicted octanol–water partition coefficient (Wildman–Crippen LogP) is 3.14. The summed E-state index contributed by atoms with van der Waals surface area (Å²) in [6.07, 6.45) is 0.397. The van der Waals surface area contributed by atoms with E-state index in [4.69, 9.17) is 9.47 Å². The fourth-order valence-electron chi connectivity index (χ4n) is 2.05. The van der Waals surface area contributed by atoms with Gasteiger partial charge in [0.15, 0.2) is 6.10 Å². The molecule has 0 spiro atoms. The molecule has 112 valence electrons. The first-order chi connectivity index (χ1) is 10.1. The second kappa shape index (κ2) is 6.97. The molecule has 1 atom stereocenters. The zero-order chi connectivity index (χ0) is 15.2. The third kappa shape index (κ3) is 3.88. The molecule has 0 saturated heterocycles. The molecule has 4 nitrogen and oxygen atoms in total. The minimum Gasteiger partial charge on any atom is -0.497 e. The van der Waals surface area contributed by atoms with Crippen LogP contribution in [0.1, 0.15) is 20.3 Å². The van der Waals surface area contributed by atoms with Crippen LogP contribution in [0.4, 0.5) is 0 Å². The number of rotatable bonds is 6. The van der Waals surface area contributed by atoms with Crippen molar-refractivity contribution < 1.29 is 14.3 Å². The van der Waals surface area contributed by atoms with Crippen molar-refractivity contribution in [3.63, 3.8) is 0 Å². The summed E-state index contributed by atoms with van der Waals surface area (Å²) in [5.74, 6) is 1.38. The second-order valence-corrected chi connectivity index (χ2v) is 4.93. The van der Waals surface area contributed by atoms with E-state index in [0.29, 0.717) is 12.3 Å². The van der Waals surface area contributed by atoms with Crippen molar-refractivity contribution in [1.29, 1.82) is 0 Å². The van der Waals surface area contributed by atoms with Gasteiger partial charge in [-0.3, -0.25) is 4.79 Å². The Morgan fingerprint density at radius 1 is 1.14 bits per heavy atom. The number of nitrogens with one attached hydrogen (secondary N) is 1. The van der Waals surface area contributed by atoms with Crippen LogP contribution in [-0.2, 0) is 4.79 Å². The third-order valence-corrected chi connectivity index (χ3v) is 3.25. The van der Waals surface area contributed by atoms with Crippen molar-refractivity contribution in [3.05, 3.63) is 36.4 Å². The Bertz CT molecular complexity index is 624. The Kier molecular flexibility index (Phi) is 5.04. The van der Waals surface area contributed by atoms with Crippen LogP contribution in [-0.4, -0.2) is 25.7 Å². The van der Waals surface area contributed by atoms with E-state index < -0.39 is 6.10 Å². The molecule has 2 aromatic carbocycles. The molecule has 1 amide bonds. The highest BCUT2D eigenvalue weighted by Crippen LogP contribution is 2.25. The molecule has 0 aliphatic heterocycles. The van der Waals surface area contributed by atoms with Crippen LogP contribution >= 0.6 is 0 Å². The van der Waals surface area contributed by atoms with E-state index >= 15 is 0 Å². The summed E-state index contributed by atoms with van der Waals surface area (Å²) in [4.78, 5) is 11.8. The molecule has 4 heteroatoms. The summed E-state index contributed by atoms with van der Waals surface area (Å²) in [5.41, 5.74) is 0. The summed E-state index contributed by atoms with van der Waals surface area (Å²) >= 11 is 0. The van der Waals surface area contributed by atoms with Gasteiger partial charge in [0, 0.05) is 6.54 Å². The minimum absolute atomic E-state index is 0.0948. The SMILES string of the molecule is CCCNC(=O)[C@H](C)Oc1ccc2ccc(OC)cc2c1. The summed E-state index contributed by atoms with van der Waals surface area (Å²) in [5, 5.41) is 4.95. The van der Waals surface area contributed by atoms with E-state index in [2.05, 4.69) is 5.32 Å². The van der Waals surface area contributed by atoms with E-state index in [1.54, 1.807) is 14.0 Å². The lowest BCUT2D eigenvalue weighted by atomic mass is 10.1. The minimum atomic E-state index is -0.514. The number of ether oxygens (including phenoxy) is 2. The monoisotopic (exact) mass is 287 g/mol. The topological polar surface area (TPSA) is 47.6 Å². The second-order valence-electron chi connectivity index (χ2n) is 4.93. The van der Waals surface area contributed by atoms with Crippen molar-refractivity contribution in [2.45, 2.75) is 26.4 Å². The predicted molar refractivity (Wildman–Crippen MR) is 83.9 cm³/mol. The maximum absolute atomic E-state index is 11.8. The van der Waals surface area contributed by atoms with Gasteiger partial charge in [-0.25, -0.2) is 0 Å². The van der Waals surface area contributed by atoms with Crippen LogP contribution in [0, 0.1) is 0 Å². The molecule has 2 aromatic rings. The normalized spacial score (nSPS) is 12.0. The fourth-order valence-corrected chi connectivity index (χ4v) is 2.05. The molecule has 0 aliphatic carbocycles. The van der Waals surface area contributed by atoms with Crippen molar-refractivity contribution in [3.8, 4) is 11.5 Å². The number of carbonyl (C=O) groups excluding carboxylic acids is 1. The highest BCUT2D eigenvalue weighted by molar-refractivity contribution is 5.85. The van der Waals surface area contributed by atoms with Crippen molar-refractivity contribution in [2.75, 3.05) is 13.7 Å². The van der Waals surface area contributed by atoms with Gasteiger partial charge in [-0.2, -0.15) is 0 Å². The first-order valence-electron chi connectivity index (χ1n) is 7.16. The average molecular weight is 287 g/mol. The Morgan fingerprint density at radius 3 is 2.48 bits per heavy atom. The van der Waals surface area contributed by atoms with Gasteiger partial charge >= 0.3 is 0 Å². The molecule has 0 aromatic heterocycles. The van der Waals surface area contributed by atoms with Crippen LogP contribution in [0.15, 0.2) is 36.4 Å². The molecular weight excluding hydrogens is 266 g/mol. The highest BCUT2D eigenvalue weighted by Gasteiger charge is 2.13. The Balaban J connectivity index is 2.13. The third-order valence-electron chi connectivity index (χ3n) is 3.25. The zero-order valence-electron chi connectivity index (χ0n) is 12.7. The largest absolute Gasteiger partial charge is 0.497 e. The fraction of sp³-hybridized carbons (Fsp3) is 0.353. The summed E-state index contributed by atoms with van der Waals surface area (Å²) < 4.78 is 10.9. The Labute approximate surface area is 125 Å². The molecule has 0 fully saturated rings. The van der Waals surface area contributed by atoms with E-state index in [1.807, 2.05) is 43.3 Å². The first kappa shape index (κ1) is 15.2. The van der Waals surface area contributed by atoms with E-state index in [1.165, 1.54) is 0 Å². The van der Waals surface area contributed by atoms with Gasteiger partial charge in [0.05, 0.1) is 7.11 Å². The molecule has 2 rings (SSSR count). The van der Waals surface area contributed by atoms with Crippen LogP contribution in [0.3, 0.4) is 0 Å². The lowest BCUT2D eigenvalue weighted by Gasteiger charge is -2.15. The van der Waals surface area contributed by atoms with Gasteiger partial charge in [-0.1, -0.05) is 19.1 Å². The quantitative estimate of drug-likeness (QED) is 0.888. The molecule has 0 heterocycles. The molecule has 0 aliphatic rings. The smallest absolute Gasteiger partial charge is 0.260 e. The van der Waals surface area contributed by atoms with Gasteiger partial charge in [-0.15, -0.1) is 0 Å². The number of methoxy groups -OCH3 is 1. The standard InChI is InChI=1S/C17H21NO3/c1-4-9-18-17(19)12(2)21-16-8-6-13-5-7-15(20-3)10-14(13)11-16/h5-8,10-12H,4,9H2,1-3H3,(H,18,19)/t12-/m0/s1. The zero-order valence-corrected chi connectivity index (χ0v) is 12.7. The van der Waals surface area contributed by atoms with Gasteiger partial charge in [0.25, 0.3) is 5.91 Å². The maximum Gasteiger partial charge on any atom is 0.260 e. The van der Waals surface area contributed by atoms with E-state index in [-0.39, 0.29) is 5.91 Å². The van der Waals surface area contributed by atoms with Crippen LogP contribution in [0.5, 0.6) is 11.5 Å². The van der Waals surface area contributed by atoms with Crippen LogP contribution in [0.25, 0.3) is 10.8 Å². The number of hydrogen-bond donors (Lipinski definition) is 1. The molecule has 21 heavy (non-hydrogen) atoms. The van der Waals surface area contributed by atoms with Gasteiger partial charge < -0.3 is 14.8 Å². The lowest BCUT2D eigenvalue weighted by molar-refractivity contribution is -0.127. The number of fused-ring (bicyclic) bond motifs is 1. The van der Waals surface area contributed by atoms with E-state index in [0.717, 1.165) is 22.9 Å². The molecule has 0 bridgehead atoms. The van der Waals surface area contributed by atoms with Crippen LogP contribution in [0.2, 0.25) is 0 Å². The Morgan fingerprint density at radius 2 is 1.81 bits per heavy atom. The number of benzene rings is 2. The first-order valence-corrected chi connectivity index (χ1v) is 7.16. The molecule has 0 unspecified atom stereocenters. The number of carbonyl (C=O) groups is 1. The Hall–Kier alpha value is -2.23. The van der Waals surface area contributed by atoms with Crippen LogP contribution < -0.4 is 14.8 Å². The molecule has 0 radical (unpaired) electrons. The van der Waals surface area contributed by atoms with Gasteiger partial charge in [-0.05, 0) is 48.4 Å². The highest BCUT2D eigenvalue weighted by atomic mass is 16.5. The number of amides is 1. The van der Waals surface area contributed by atoms with Crippen molar-refractivity contribution in [2.24, 2.45) is 0 Å². The maximum atomic E-state index is 11.8. The molecule has 1 N–H and O–H groups in total. The lowest BCUT2D eigenvalue weighted by Crippen LogP contribution is -2.36. The summed E-state index contributed by atoms with van der Waals surface area (Å²) in [6, 6.07) is 11.6. The van der Waals surface area contributed by atoms with Crippen molar-refractivity contribution in [1.82, 2.24) is 5.32 Å². The molecular formula is C17H21NO3. The average Bonchev–Trinajstić information content (AvgIpc) is 2.51. The van der Waals surface area contributed by atoms with Gasteiger partial charge in [0.1, 0.15) is 11.5 Å². The number of hydrogen-bond acceptors (Lipinski definition) is 3. The summed E-state index contributed by atoms with van der Waals surface area (Å²) in [7, 11) is 1.64.